The maximum atomic E-state index is 10.9. The fourth-order valence-electron chi connectivity index (χ4n) is 1.36. The first-order chi connectivity index (χ1) is 7.16. The molecule has 0 saturated carbocycles. The van der Waals surface area contributed by atoms with Gasteiger partial charge in [-0.25, -0.2) is 5.43 Å². The molecule has 0 fully saturated rings. The number of rotatable bonds is 1. The Hall–Kier alpha value is -0.680. The van der Waals surface area contributed by atoms with Gasteiger partial charge in [0.1, 0.15) is 0 Å². The molecule has 0 unspecified atom stereocenters. The van der Waals surface area contributed by atoms with E-state index in [1.807, 2.05) is 18.2 Å². The van der Waals surface area contributed by atoms with E-state index in [0.29, 0.717) is 12.8 Å². The van der Waals surface area contributed by atoms with E-state index < -0.39 is 0 Å². The lowest BCUT2D eigenvalue weighted by Gasteiger charge is -2.12. The molecule has 1 aromatic rings. The van der Waals surface area contributed by atoms with E-state index in [1.165, 1.54) is 0 Å². The molecule has 0 atom stereocenters. The Bertz CT molecular complexity index is 443. The lowest BCUT2D eigenvalue weighted by Crippen LogP contribution is -2.25. The third-order valence-corrected chi connectivity index (χ3v) is 4.04. The summed E-state index contributed by atoms with van der Waals surface area (Å²) in [5, 5.41) is 4.03. The van der Waals surface area contributed by atoms with Crippen molar-refractivity contribution >= 4 is 43.5 Å². The smallest absolute Gasteiger partial charge is 0.240 e. The van der Waals surface area contributed by atoms with Crippen LogP contribution < -0.4 is 5.43 Å². The van der Waals surface area contributed by atoms with E-state index in [1.54, 1.807) is 0 Å². The van der Waals surface area contributed by atoms with Gasteiger partial charge in [0.2, 0.25) is 5.91 Å². The first-order valence-corrected chi connectivity index (χ1v) is 6.06. The Morgan fingerprint density at radius 3 is 2.60 bits per heavy atom. The summed E-state index contributed by atoms with van der Waals surface area (Å²) in [6, 6.07) is 5.92. The summed E-state index contributed by atoms with van der Waals surface area (Å²) in [5.41, 5.74) is 4.44. The van der Waals surface area contributed by atoms with Gasteiger partial charge < -0.3 is 0 Å². The van der Waals surface area contributed by atoms with Gasteiger partial charge in [0.25, 0.3) is 0 Å². The average Bonchev–Trinajstić information content (AvgIpc) is 2.23. The molecular formula is C10H8Br2N2O. The zero-order chi connectivity index (χ0) is 10.8. The highest BCUT2D eigenvalue weighted by atomic mass is 79.9. The highest BCUT2D eigenvalue weighted by Crippen LogP contribution is 2.25. The standard InChI is InChI=1S/C10H8Br2N2O/c11-7-2-1-6(5-8(7)12)9-3-4-10(15)14-13-9/h1-2,5H,3-4H2,(H,14,15). The number of halogens is 2. The van der Waals surface area contributed by atoms with E-state index in [9.17, 15) is 4.79 Å². The monoisotopic (exact) mass is 330 g/mol. The third kappa shape index (κ3) is 2.46. The van der Waals surface area contributed by atoms with Gasteiger partial charge in [-0.1, -0.05) is 6.07 Å². The quantitative estimate of drug-likeness (QED) is 0.844. The first kappa shape index (κ1) is 10.8. The average molecular weight is 332 g/mol. The number of benzene rings is 1. The lowest BCUT2D eigenvalue weighted by atomic mass is 10.0. The summed E-state index contributed by atoms with van der Waals surface area (Å²) in [6.07, 6.45) is 1.20. The zero-order valence-corrected chi connectivity index (χ0v) is 10.9. The number of nitrogens with one attached hydrogen (secondary N) is 1. The molecule has 78 valence electrons. The van der Waals surface area contributed by atoms with Crippen LogP contribution in [0, 0.1) is 0 Å². The van der Waals surface area contributed by atoms with Crippen molar-refractivity contribution in [2.75, 3.05) is 0 Å². The van der Waals surface area contributed by atoms with Crippen LogP contribution in [0.3, 0.4) is 0 Å². The first-order valence-electron chi connectivity index (χ1n) is 4.47. The fraction of sp³-hybridized carbons (Fsp3) is 0.200. The van der Waals surface area contributed by atoms with Crippen molar-refractivity contribution in [3.63, 3.8) is 0 Å². The minimum atomic E-state index is -0.0186. The molecule has 0 saturated heterocycles. The van der Waals surface area contributed by atoms with E-state index >= 15 is 0 Å². The van der Waals surface area contributed by atoms with Crippen molar-refractivity contribution in [1.82, 2.24) is 5.43 Å². The minimum absolute atomic E-state index is 0.0186. The van der Waals surface area contributed by atoms with E-state index in [4.69, 9.17) is 0 Å². The molecular weight excluding hydrogens is 324 g/mol. The molecule has 0 spiro atoms. The normalized spacial score (nSPS) is 15.9. The molecule has 1 heterocycles. The van der Waals surface area contributed by atoms with Gasteiger partial charge >= 0.3 is 0 Å². The third-order valence-electron chi connectivity index (χ3n) is 2.16. The van der Waals surface area contributed by atoms with Crippen LogP contribution >= 0.6 is 31.9 Å². The molecule has 2 rings (SSSR count). The van der Waals surface area contributed by atoms with Crippen molar-refractivity contribution in [3.8, 4) is 0 Å². The summed E-state index contributed by atoms with van der Waals surface area (Å²) in [6.45, 7) is 0. The maximum absolute atomic E-state index is 10.9. The second-order valence-electron chi connectivity index (χ2n) is 3.22. The van der Waals surface area contributed by atoms with Crippen LogP contribution in [-0.4, -0.2) is 11.6 Å². The SMILES string of the molecule is O=C1CCC(c2ccc(Br)c(Br)c2)=NN1. The summed E-state index contributed by atoms with van der Waals surface area (Å²) in [7, 11) is 0. The zero-order valence-electron chi connectivity index (χ0n) is 7.76. The van der Waals surface area contributed by atoms with Gasteiger partial charge in [-0.15, -0.1) is 0 Å². The molecule has 3 nitrogen and oxygen atoms in total. The molecule has 15 heavy (non-hydrogen) atoms. The van der Waals surface area contributed by atoms with Gasteiger partial charge in [0.15, 0.2) is 0 Å². The van der Waals surface area contributed by atoms with Gasteiger partial charge in [0, 0.05) is 21.8 Å². The second kappa shape index (κ2) is 4.45. The van der Waals surface area contributed by atoms with Crippen molar-refractivity contribution < 1.29 is 4.79 Å². The van der Waals surface area contributed by atoms with Gasteiger partial charge in [-0.3, -0.25) is 4.79 Å². The summed E-state index contributed by atoms with van der Waals surface area (Å²) in [4.78, 5) is 10.9. The van der Waals surface area contributed by atoms with Crippen molar-refractivity contribution in [3.05, 3.63) is 32.7 Å². The molecule has 0 aliphatic carbocycles. The highest BCUT2D eigenvalue weighted by Gasteiger charge is 2.13. The molecule has 0 bridgehead atoms. The van der Waals surface area contributed by atoms with Crippen LogP contribution in [-0.2, 0) is 4.79 Å². The Kier molecular flexibility index (Phi) is 3.21. The Morgan fingerprint density at radius 2 is 2.00 bits per heavy atom. The maximum Gasteiger partial charge on any atom is 0.240 e. The van der Waals surface area contributed by atoms with E-state index in [2.05, 4.69) is 42.4 Å². The number of carbonyl (C=O) groups is 1. The largest absolute Gasteiger partial charge is 0.273 e. The second-order valence-corrected chi connectivity index (χ2v) is 4.93. The molecule has 0 aromatic heterocycles. The highest BCUT2D eigenvalue weighted by molar-refractivity contribution is 9.13. The Balaban J connectivity index is 2.30. The molecule has 1 N–H and O–H groups in total. The van der Waals surface area contributed by atoms with Crippen molar-refractivity contribution in [1.29, 1.82) is 0 Å². The van der Waals surface area contributed by atoms with Crippen molar-refractivity contribution in [2.45, 2.75) is 12.8 Å². The van der Waals surface area contributed by atoms with Crippen LogP contribution in [0.15, 0.2) is 32.2 Å². The molecule has 1 aromatic carbocycles. The molecule has 1 aliphatic rings. The van der Waals surface area contributed by atoms with Crippen LogP contribution in [0.5, 0.6) is 0 Å². The number of hydrogen-bond acceptors (Lipinski definition) is 2. The summed E-state index contributed by atoms with van der Waals surface area (Å²) in [5.74, 6) is -0.0186. The number of hydrogen-bond donors (Lipinski definition) is 1. The molecule has 0 radical (unpaired) electrons. The van der Waals surface area contributed by atoms with E-state index in [0.717, 1.165) is 20.2 Å². The van der Waals surface area contributed by atoms with Gasteiger partial charge in [-0.05, 0) is 49.6 Å². The predicted octanol–water partition coefficient (Wildman–Crippen LogP) is 2.83. The van der Waals surface area contributed by atoms with Crippen LogP contribution in [0.4, 0.5) is 0 Å². The van der Waals surface area contributed by atoms with E-state index in [-0.39, 0.29) is 5.91 Å². The lowest BCUT2D eigenvalue weighted by molar-refractivity contribution is -0.121. The number of hydrazone groups is 1. The fourth-order valence-corrected chi connectivity index (χ4v) is 1.98. The summed E-state index contributed by atoms with van der Waals surface area (Å²) >= 11 is 6.84. The van der Waals surface area contributed by atoms with Crippen LogP contribution in [0.1, 0.15) is 18.4 Å². The molecule has 1 amide bonds. The Labute approximate surface area is 104 Å². The van der Waals surface area contributed by atoms with Crippen LogP contribution in [0.2, 0.25) is 0 Å². The van der Waals surface area contributed by atoms with Gasteiger partial charge in [-0.2, -0.15) is 5.10 Å². The van der Waals surface area contributed by atoms with Crippen LogP contribution in [0.25, 0.3) is 0 Å². The Morgan fingerprint density at radius 1 is 1.20 bits per heavy atom. The molecule has 5 heteroatoms. The van der Waals surface area contributed by atoms with Gasteiger partial charge in [0.05, 0.1) is 5.71 Å². The number of amides is 1. The van der Waals surface area contributed by atoms with Crippen molar-refractivity contribution in [2.24, 2.45) is 5.10 Å². The number of carbonyl (C=O) groups excluding carboxylic acids is 1. The summed E-state index contributed by atoms with van der Waals surface area (Å²) < 4.78 is 1.99. The topological polar surface area (TPSA) is 41.5 Å². The molecule has 1 aliphatic heterocycles. The minimum Gasteiger partial charge on any atom is -0.273 e. The predicted molar refractivity (Wildman–Crippen MR) is 65.8 cm³/mol. The number of nitrogens with zero attached hydrogens (tertiary/aromatic N) is 1.